The normalized spacial score (nSPS) is 30.4. The molecule has 0 saturated carbocycles. The topological polar surface area (TPSA) is 41.6 Å². The first-order valence-corrected chi connectivity index (χ1v) is 7.30. The molecule has 0 aromatic carbocycles. The molecule has 2 rings (SSSR count). The van der Waals surface area contributed by atoms with Gasteiger partial charge in [0.2, 0.25) is 5.91 Å². The Morgan fingerprint density at radius 2 is 2.06 bits per heavy atom. The number of ether oxygens (including phenoxy) is 1. The first-order valence-electron chi connectivity index (χ1n) is 7.30. The van der Waals surface area contributed by atoms with Crippen LogP contribution in [-0.2, 0) is 9.53 Å². The summed E-state index contributed by atoms with van der Waals surface area (Å²) in [6.45, 7) is 5.56. The minimum absolute atomic E-state index is 0.211. The van der Waals surface area contributed by atoms with E-state index >= 15 is 0 Å². The number of piperidine rings is 1. The fourth-order valence-electron chi connectivity index (χ4n) is 3.23. The summed E-state index contributed by atoms with van der Waals surface area (Å²) >= 11 is 0. The number of carbonyl (C=O) groups is 1. The summed E-state index contributed by atoms with van der Waals surface area (Å²) in [5.74, 6) is 1.18. The van der Waals surface area contributed by atoms with Crippen molar-refractivity contribution >= 4 is 5.91 Å². The number of carbonyl (C=O) groups excluding carboxylic acids is 1. The maximum Gasteiger partial charge on any atom is 0.225 e. The Bertz CT molecular complexity index is 277. The lowest BCUT2D eigenvalue weighted by Gasteiger charge is -2.40. The largest absolute Gasteiger partial charge is 0.381 e. The highest BCUT2D eigenvalue weighted by atomic mass is 16.5. The maximum absolute atomic E-state index is 12.5. The Labute approximate surface area is 110 Å². The van der Waals surface area contributed by atoms with Gasteiger partial charge in [-0.2, -0.15) is 0 Å². The number of nitrogens with one attached hydrogen (secondary N) is 1. The van der Waals surface area contributed by atoms with Crippen LogP contribution in [0.3, 0.4) is 0 Å². The summed E-state index contributed by atoms with van der Waals surface area (Å²) in [5, 5.41) is 3.39. The van der Waals surface area contributed by atoms with E-state index in [0.29, 0.717) is 17.9 Å². The molecule has 1 amide bonds. The fourth-order valence-corrected chi connectivity index (χ4v) is 3.23. The molecule has 104 valence electrons. The molecule has 0 spiro atoms. The quantitative estimate of drug-likeness (QED) is 0.824. The van der Waals surface area contributed by atoms with Gasteiger partial charge in [-0.15, -0.1) is 0 Å². The lowest BCUT2D eigenvalue weighted by Crippen LogP contribution is -2.51. The number of likely N-dealkylation sites (tertiary alicyclic amines) is 1. The molecule has 18 heavy (non-hydrogen) atoms. The molecule has 4 nitrogen and oxygen atoms in total. The molecule has 1 N–H and O–H groups in total. The van der Waals surface area contributed by atoms with Crippen molar-refractivity contribution in [2.45, 2.75) is 38.6 Å². The summed E-state index contributed by atoms with van der Waals surface area (Å²) < 4.78 is 5.33. The molecule has 2 heterocycles. The van der Waals surface area contributed by atoms with Crippen molar-refractivity contribution in [3.8, 4) is 0 Å². The smallest absolute Gasteiger partial charge is 0.225 e. The van der Waals surface area contributed by atoms with Gasteiger partial charge < -0.3 is 15.0 Å². The molecule has 2 saturated heterocycles. The highest BCUT2D eigenvalue weighted by molar-refractivity contribution is 5.79. The Morgan fingerprint density at radius 3 is 2.67 bits per heavy atom. The van der Waals surface area contributed by atoms with Crippen LogP contribution in [0.5, 0.6) is 0 Å². The lowest BCUT2D eigenvalue weighted by atomic mass is 9.88. The maximum atomic E-state index is 12.5. The van der Waals surface area contributed by atoms with Crippen LogP contribution in [0, 0.1) is 11.8 Å². The van der Waals surface area contributed by atoms with Crippen molar-refractivity contribution in [2.24, 2.45) is 11.8 Å². The Morgan fingerprint density at radius 1 is 1.33 bits per heavy atom. The molecule has 0 aliphatic carbocycles. The second kappa shape index (κ2) is 6.53. The average molecular weight is 254 g/mol. The Kier molecular flexibility index (Phi) is 5.01. The van der Waals surface area contributed by atoms with Crippen molar-refractivity contribution in [1.82, 2.24) is 10.2 Å². The molecule has 2 unspecified atom stereocenters. The van der Waals surface area contributed by atoms with E-state index in [4.69, 9.17) is 4.74 Å². The zero-order chi connectivity index (χ0) is 13.0. The minimum Gasteiger partial charge on any atom is -0.381 e. The molecule has 0 radical (unpaired) electrons. The van der Waals surface area contributed by atoms with Crippen LogP contribution in [0.15, 0.2) is 0 Å². The van der Waals surface area contributed by atoms with Crippen molar-refractivity contribution < 1.29 is 9.53 Å². The second-order valence-corrected chi connectivity index (χ2v) is 5.52. The van der Waals surface area contributed by atoms with E-state index in [-0.39, 0.29) is 5.92 Å². The molecule has 0 bridgehead atoms. The summed E-state index contributed by atoms with van der Waals surface area (Å²) in [6, 6.07) is 0.578. The van der Waals surface area contributed by atoms with Crippen molar-refractivity contribution in [3.63, 3.8) is 0 Å². The van der Waals surface area contributed by atoms with Crippen molar-refractivity contribution in [1.29, 1.82) is 0 Å². The van der Waals surface area contributed by atoms with Crippen LogP contribution in [0.2, 0.25) is 0 Å². The number of hydrogen-bond acceptors (Lipinski definition) is 3. The molecule has 2 fully saturated rings. The van der Waals surface area contributed by atoms with E-state index in [0.717, 1.165) is 52.0 Å². The standard InChI is InChI=1S/C14H26N2O2/c1-3-11-10-16(7-4-13(11)15-2)14(17)12-5-8-18-9-6-12/h11-13,15H,3-10H2,1-2H3. The van der Waals surface area contributed by atoms with Crippen LogP contribution in [0.25, 0.3) is 0 Å². The van der Waals surface area contributed by atoms with Crippen LogP contribution in [0.4, 0.5) is 0 Å². The number of nitrogens with zero attached hydrogens (tertiary/aromatic N) is 1. The van der Waals surface area contributed by atoms with E-state index in [1.165, 1.54) is 0 Å². The van der Waals surface area contributed by atoms with E-state index < -0.39 is 0 Å². The minimum atomic E-state index is 0.211. The van der Waals surface area contributed by atoms with Crippen LogP contribution >= 0.6 is 0 Å². The third-order valence-electron chi connectivity index (χ3n) is 4.51. The number of amides is 1. The molecule has 2 aliphatic rings. The number of rotatable bonds is 3. The van der Waals surface area contributed by atoms with Gasteiger partial charge in [-0.05, 0) is 32.2 Å². The van der Waals surface area contributed by atoms with E-state index in [2.05, 4.69) is 17.1 Å². The monoisotopic (exact) mass is 254 g/mol. The van der Waals surface area contributed by atoms with Crippen molar-refractivity contribution in [2.75, 3.05) is 33.4 Å². The Hall–Kier alpha value is -0.610. The third-order valence-corrected chi connectivity index (χ3v) is 4.51. The molecular weight excluding hydrogens is 228 g/mol. The van der Waals surface area contributed by atoms with Gasteiger partial charge in [0, 0.05) is 38.3 Å². The summed E-state index contributed by atoms with van der Waals surface area (Å²) in [6.07, 6.45) is 4.04. The van der Waals surface area contributed by atoms with E-state index in [9.17, 15) is 4.79 Å². The lowest BCUT2D eigenvalue weighted by molar-refractivity contribution is -0.140. The Balaban J connectivity index is 1.91. The molecular formula is C14H26N2O2. The predicted octanol–water partition coefficient (Wildman–Crippen LogP) is 1.26. The van der Waals surface area contributed by atoms with Gasteiger partial charge >= 0.3 is 0 Å². The van der Waals surface area contributed by atoms with Gasteiger partial charge in [-0.1, -0.05) is 13.3 Å². The highest BCUT2D eigenvalue weighted by Crippen LogP contribution is 2.24. The summed E-state index contributed by atoms with van der Waals surface area (Å²) in [7, 11) is 2.03. The molecule has 4 heteroatoms. The first-order chi connectivity index (χ1) is 8.76. The summed E-state index contributed by atoms with van der Waals surface area (Å²) in [4.78, 5) is 14.6. The van der Waals surface area contributed by atoms with Crippen LogP contribution in [-0.4, -0.2) is 50.2 Å². The predicted molar refractivity (Wildman–Crippen MR) is 71.4 cm³/mol. The van der Waals surface area contributed by atoms with Gasteiger partial charge in [-0.25, -0.2) is 0 Å². The van der Waals surface area contributed by atoms with E-state index in [1.54, 1.807) is 0 Å². The van der Waals surface area contributed by atoms with Crippen LogP contribution < -0.4 is 5.32 Å². The average Bonchev–Trinajstić information content (AvgIpc) is 2.46. The zero-order valence-electron chi connectivity index (χ0n) is 11.7. The summed E-state index contributed by atoms with van der Waals surface area (Å²) in [5.41, 5.74) is 0. The van der Waals surface area contributed by atoms with Gasteiger partial charge in [0.1, 0.15) is 0 Å². The molecule has 2 atom stereocenters. The van der Waals surface area contributed by atoms with Gasteiger partial charge in [-0.3, -0.25) is 4.79 Å². The third kappa shape index (κ3) is 3.04. The molecule has 0 aromatic rings. The second-order valence-electron chi connectivity index (χ2n) is 5.52. The zero-order valence-corrected chi connectivity index (χ0v) is 11.7. The SMILES string of the molecule is CCC1CN(C(=O)C2CCOCC2)CCC1NC. The molecule has 2 aliphatic heterocycles. The first kappa shape index (κ1) is 13.8. The molecule has 0 aromatic heterocycles. The number of hydrogen-bond donors (Lipinski definition) is 1. The highest BCUT2D eigenvalue weighted by Gasteiger charge is 2.33. The van der Waals surface area contributed by atoms with Gasteiger partial charge in [0.25, 0.3) is 0 Å². The van der Waals surface area contributed by atoms with Gasteiger partial charge in [0.15, 0.2) is 0 Å². The fraction of sp³-hybridized carbons (Fsp3) is 0.929. The van der Waals surface area contributed by atoms with Crippen molar-refractivity contribution in [3.05, 3.63) is 0 Å². The van der Waals surface area contributed by atoms with Crippen LogP contribution in [0.1, 0.15) is 32.6 Å². The van der Waals surface area contributed by atoms with Gasteiger partial charge in [0.05, 0.1) is 0 Å². The van der Waals surface area contributed by atoms with E-state index in [1.807, 2.05) is 7.05 Å².